The first kappa shape index (κ1) is 20.0. The van der Waals surface area contributed by atoms with Gasteiger partial charge in [-0.1, -0.05) is 13.3 Å². The van der Waals surface area contributed by atoms with Crippen molar-refractivity contribution in [2.24, 2.45) is 16.6 Å². The van der Waals surface area contributed by atoms with E-state index in [0.29, 0.717) is 5.96 Å². The summed E-state index contributed by atoms with van der Waals surface area (Å²) in [7, 11) is 0. The zero-order chi connectivity index (χ0) is 14.9. The van der Waals surface area contributed by atoms with Crippen molar-refractivity contribution in [1.82, 2.24) is 15.1 Å². The molecule has 1 saturated heterocycles. The van der Waals surface area contributed by atoms with E-state index in [1.807, 2.05) is 0 Å². The van der Waals surface area contributed by atoms with Gasteiger partial charge in [-0.15, -0.1) is 24.0 Å². The highest BCUT2D eigenvalue weighted by Crippen LogP contribution is 2.26. The van der Waals surface area contributed by atoms with Crippen LogP contribution in [0.2, 0.25) is 0 Å². The molecule has 0 aromatic heterocycles. The zero-order valence-corrected chi connectivity index (χ0v) is 16.4. The van der Waals surface area contributed by atoms with Gasteiger partial charge < -0.3 is 20.9 Å². The quantitative estimate of drug-likeness (QED) is 0.270. The Morgan fingerprint density at radius 1 is 1.14 bits per heavy atom. The van der Waals surface area contributed by atoms with Gasteiger partial charge >= 0.3 is 0 Å². The largest absolute Gasteiger partial charge is 0.370 e. The molecule has 2 fully saturated rings. The van der Waals surface area contributed by atoms with E-state index >= 15 is 0 Å². The summed E-state index contributed by atoms with van der Waals surface area (Å²) in [6.07, 6.45) is 6.47. The van der Waals surface area contributed by atoms with Crippen molar-refractivity contribution in [3.05, 3.63) is 0 Å². The predicted octanol–water partition coefficient (Wildman–Crippen LogP) is 1.73. The number of halogens is 1. The number of nitrogens with two attached hydrogens (primary N) is 1. The van der Waals surface area contributed by atoms with E-state index < -0.39 is 0 Å². The Kier molecular flexibility index (Phi) is 10.4. The summed E-state index contributed by atoms with van der Waals surface area (Å²) in [5.74, 6) is 1.44. The number of likely N-dealkylation sites (N-methyl/N-ethyl adjacent to an activating group) is 1. The molecule has 1 aliphatic carbocycles. The Morgan fingerprint density at radius 3 is 2.41 bits per heavy atom. The van der Waals surface area contributed by atoms with Crippen LogP contribution in [0, 0.1) is 5.92 Å². The number of aliphatic imine (C=N–C) groups is 1. The highest BCUT2D eigenvalue weighted by molar-refractivity contribution is 14.0. The van der Waals surface area contributed by atoms with Crippen LogP contribution in [0.4, 0.5) is 0 Å². The lowest BCUT2D eigenvalue weighted by atomic mass is 9.86. The van der Waals surface area contributed by atoms with Gasteiger partial charge in [-0.3, -0.25) is 4.99 Å². The summed E-state index contributed by atoms with van der Waals surface area (Å²) in [5.41, 5.74) is 5.88. The van der Waals surface area contributed by atoms with Crippen LogP contribution < -0.4 is 11.1 Å². The van der Waals surface area contributed by atoms with Crippen LogP contribution in [0.25, 0.3) is 0 Å². The van der Waals surface area contributed by atoms with Crippen molar-refractivity contribution in [3.8, 4) is 0 Å². The van der Waals surface area contributed by atoms with Crippen LogP contribution in [0.1, 0.15) is 39.0 Å². The lowest BCUT2D eigenvalue weighted by Gasteiger charge is -2.33. The number of nitrogens with one attached hydrogen (secondary N) is 1. The van der Waals surface area contributed by atoms with Crippen LogP contribution in [-0.4, -0.2) is 68.1 Å². The second-order valence-corrected chi connectivity index (χ2v) is 6.43. The van der Waals surface area contributed by atoms with Gasteiger partial charge in [0.1, 0.15) is 0 Å². The Morgan fingerprint density at radius 2 is 1.82 bits per heavy atom. The Bertz CT molecular complexity index is 312. The molecule has 0 aromatic carbocycles. The molecule has 2 aliphatic rings. The lowest BCUT2D eigenvalue weighted by molar-refractivity contribution is 0.136. The van der Waals surface area contributed by atoms with Crippen molar-refractivity contribution >= 4 is 29.9 Å². The summed E-state index contributed by atoms with van der Waals surface area (Å²) >= 11 is 0. The molecule has 0 bridgehead atoms. The minimum atomic E-state index is 0. The lowest BCUT2D eigenvalue weighted by Crippen LogP contribution is -2.46. The first-order valence-corrected chi connectivity index (χ1v) is 8.76. The van der Waals surface area contributed by atoms with E-state index in [4.69, 9.17) is 5.73 Å². The third-order valence-corrected chi connectivity index (χ3v) is 4.86. The second-order valence-electron chi connectivity index (χ2n) is 6.43. The van der Waals surface area contributed by atoms with E-state index in [1.165, 1.54) is 71.4 Å². The minimum Gasteiger partial charge on any atom is -0.370 e. The van der Waals surface area contributed by atoms with Crippen molar-refractivity contribution < 1.29 is 0 Å². The van der Waals surface area contributed by atoms with E-state index in [9.17, 15) is 0 Å². The maximum atomic E-state index is 5.88. The van der Waals surface area contributed by atoms with Crippen LogP contribution in [0.5, 0.6) is 0 Å². The number of hydrogen-bond acceptors (Lipinski definition) is 3. The maximum Gasteiger partial charge on any atom is 0.188 e. The van der Waals surface area contributed by atoms with Gasteiger partial charge in [0.2, 0.25) is 0 Å². The molecular weight excluding hydrogens is 389 g/mol. The summed E-state index contributed by atoms with van der Waals surface area (Å²) in [6.45, 7) is 11.5. The third-order valence-electron chi connectivity index (χ3n) is 4.86. The summed E-state index contributed by atoms with van der Waals surface area (Å²) in [6, 6.07) is 0. The molecule has 5 nitrogen and oxygen atoms in total. The third kappa shape index (κ3) is 7.46. The van der Waals surface area contributed by atoms with Crippen molar-refractivity contribution in [1.29, 1.82) is 0 Å². The molecule has 0 aromatic rings. The Labute approximate surface area is 153 Å². The molecule has 6 heteroatoms. The number of nitrogens with zero attached hydrogens (tertiary/aromatic N) is 3. The normalized spacial score (nSPS) is 21.2. The second kappa shape index (κ2) is 11.5. The summed E-state index contributed by atoms with van der Waals surface area (Å²) in [4.78, 5) is 9.53. The maximum absolute atomic E-state index is 5.88. The predicted molar refractivity (Wildman–Crippen MR) is 105 cm³/mol. The van der Waals surface area contributed by atoms with Gasteiger partial charge in [-0.25, -0.2) is 0 Å². The van der Waals surface area contributed by atoms with Gasteiger partial charge in [-0.2, -0.15) is 0 Å². The summed E-state index contributed by atoms with van der Waals surface area (Å²) < 4.78 is 0. The molecule has 0 spiro atoms. The van der Waals surface area contributed by atoms with Gasteiger partial charge in [-0.05, 0) is 44.7 Å². The van der Waals surface area contributed by atoms with Gasteiger partial charge in [0, 0.05) is 39.3 Å². The number of piperazine rings is 1. The molecule has 2 rings (SSSR count). The Balaban J connectivity index is 0.00000242. The minimum absolute atomic E-state index is 0. The molecule has 0 unspecified atom stereocenters. The smallest absolute Gasteiger partial charge is 0.188 e. The van der Waals surface area contributed by atoms with E-state index in [1.54, 1.807) is 0 Å². The van der Waals surface area contributed by atoms with Crippen LogP contribution in [0.3, 0.4) is 0 Å². The molecule has 1 heterocycles. The van der Waals surface area contributed by atoms with Crippen molar-refractivity contribution in [2.45, 2.75) is 39.0 Å². The van der Waals surface area contributed by atoms with Crippen LogP contribution in [0.15, 0.2) is 4.99 Å². The van der Waals surface area contributed by atoms with Crippen molar-refractivity contribution in [2.75, 3.05) is 52.4 Å². The number of rotatable bonds is 8. The molecular formula is C16H34IN5. The molecule has 0 radical (unpaired) electrons. The van der Waals surface area contributed by atoms with Crippen molar-refractivity contribution in [3.63, 3.8) is 0 Å². The standard InChI is InChI=1S/C16H33N5.HI/c1-2-20-10-12-21(13-11-20)9-4-3-8-18-16(17)19-14-15-6-5-7-15;/h15H,2-14H2,1H3,(H3,17,18,19);1H. The van der Waals surface area contributed by atoms with Gasteiger partial charge in [0.15, 0.2) is 5.96 Å². The topological polar surface area (TPSA) is 56.9 Å². The number of guanidine groups is 1. The monoisotopic (exact) mass is 423 g/mol. The number of hydrogen-bond donors (Lipinski definition) is 2. The molecule has 1 saturated carbocycles. The average Bonchev–Trinajstić information content (AvgIpc) is 2.46. The molecule has 1 aliphatic heterocycles. The highest BCUT2D eigenvalue weighted by atomic mass is 127. The number of unbranched alkanes of at least 4 members (excludes halogenated alkanes) is 1. The van der Waals surface area contributed by atoms with E-state index in [-0.39, 0.29) is 24.0 Å². The SMILES string of the molecule is CCN1CCN(CCCCNC(N)=NCC2CCC2)CC1.I. The molecule has 22 heavy (non-hydrogen) atoms. The highest BCUT2D eigenvalue weighted by Gasteiger charge is 2.16. The summed E-state index contributed by atoms with van der Waals surface area (Å²) in [5, 5.41) is 3.24. The fourth-order valence-corrected chi connectivity index (χ4v) is 2.96. The first-order valence-electron chi connectivity index (χ1n) is 8.76. The zero-order valence-electron chi connectivity index (χ0n) is 14.1. The Hall–Kier alpha value is -0.0800. The fraction of sp³-hybridized carbons (Fsp3) is 0.938. The first-order chi connectivity index (χ1) is 10.3. The van der Waals surface area contributed by atoms with Gasteiger partial charge in [0.05, 0.1) is 0 Å². The molecule has 0 atom stereocenters. The van der Waals surface area contributed by atoms with Crippen LogP contribution in [-0.2, 0) is 0 Å². The fourth-order valence-electron chi connectivity index (χ4n) is 2.96. The van der Waals surface area contributed by atoms with Gasteiger partial charge in [0.25, 0.3) is 0 Å². The van der Waals surface area contributed by atoms with E-state index in [2.05, 4.69) is 27.0 Å². The molecule has 130 valence electrons. The van der Waals surface area contributed by atoms with E-state index in [0.717, 1.165) is 19.0 Å². The molecule has 0 amide bonds. The average molecular weight is 423 g/mol. The van der Waals surface area contributed by atoms with Crippen LogP contribution >= 0.6 is 24.0 Å². The molecule has 3 N–H and O–H groups in total.